The van der Waals surface area contributed by atoms with Crippen LogP contribution in [-0.4, -0.2) is 53.9 Å². The molecule has 3 aromatic carbocycles. The predicted molar refractivity (Wildman–Crippen MR) is 122 cm³/mol. The Balaban J connectivity index is 0.000000668. The molecule has 1 fully saturated rings. The second kappa shape index (κ2) is 12.0. The van der Waals surface area contributed by atoms with Crippen LogP contribution in [0.4, 0.5) is 4.79 Å². The molecule has 0 saturated carbocycles. The molecule has 3 aromatic rings. The Labute approximate surface area is 187 Å². The zero-order chi connectivity index (χ0) is 22.8. The molecule has 1 aliphatic heterocycles. The molecule has 1 saturated heterocycles. The van der Waals surface area contributed by atoms with Gasteiger partial charge in [0.15, 0.2) is 0 Å². The van der Waals surface area contributed by atoms with E-state index in [1.54, 1.807) is 0 Å². The van der Waals surface area contributed by atoms with Gasteiger partial charge < -0.3 is 30.1 Å². The smallest absolute Gasteiger partial charge is 0.491 e. The first-order chi connectivity index (χ1) is 15.6. The molecule has 170 valence electrons. The highest BCUT2D eigenvalue weighted by molar-refractivity contribution is 5.82. The van der Waals surface area contributed by atoms with E-state index in [0.29, 0.717) is 19.1 Å². The van der Waals surface area contributed by atoms with Crippen molar-refractivity contribution < 1.29 is 29.6 Å². The van der Waals surface area contributed by atoms with Crippen LogP contribution < -0.4 is 10.1 Å². The maximum Gasteiger partial charge on any atom is 0.503 e. The topological polar surface area (TPSA) is 108 Å². The Bertz CT molecular complexity index is 987. The van der Waals surface area contributed by atoms with E-state index in [9.17, 15) is 0 Å². The van der Waals surface area contributed by atoms with Crippen molar-refractivity contribution in [1.29, 1.82) is 0 Å². The first-order valence-electron chi connectivity index (χ1n) is 10.6. The zero-order valence-corrected chi connectivity index (χ0v) is 17.8. The molecular weight excluding hydrogens is 410 g/mol. The van der Waals surface area contributed by atoms with Gasteiger partial charge in [0.05, 0.1) is 19.3 Å². The minimum atomic E-state index is -1.83. The third-order valence-electron chi connectivity index (χ3n) is 5.37. The van der Waals surface area contributed by atoms with Crippen molar-refractivity contribution in [3.63, 3.8) is 0 Å². The minimum absolute atomic E-state index is 0.0285. The van der Waals surface area contributed by atoms with Gasteiger partial charge in [0.1, 0.15) is 12.4 Å². The molecule has 7 heteroatoms. The van der Waals surface area contributed by atoms with E-state index < -0.39 is 6.16 Å². The molecule has 1 aliphatic rings. The second-order valence-corrected chi connectivity index (χ2v) is 7.55. The fourth-order valence-electron chi connectivity index (χ4n) is 3.89. The van der Waals surface area contributed by atoms with Gasteiger partial charge in [-0.3, -0.25) is 0 Å². The maximum absolute atomic E-state index is 8.88. The van der Waals surface area contributed by atoms with E-state index in [0.717, 1.165) is 25.3 Å². The number of aliphatic hydroxyl groups is 1. The molecule has 2 atom stereocenters. The molecular formula is C25H29NO6. The number of nitrogens with one attached hydrogen (secondary N) is 1. The van der Waals surface area contributed by atoms with Crippen LogP contribution in [0.5, 0.6) is 5.75 Å². The van der Waals surface area contributed by atoms with Crippen molar-refractivity contribution in [3.05, 3.63) is 77.9 Å². The van der Waals surface area contributed by atoms with Gasteiger partial charge >= 0.3 is 6.16 Å². The molecule has 7 nitrogen and oxygen atoms in total. The number of ether oxygens (including phenoxy) is 2. The summed E-state index contributed by atoms with van der Waals surface area (Å²) < 4.78 is 11.8. The summed E-state index contributed by atoms with van der Waals surface area (Å²) in [5.74, 6) is 1.16. The molecule has 2 unspecified atom stereocenters. The summed E-state index contributed by atoms with van der Waals surface area (Å²) in [5.41, 5.74) is 2.48. The molecule has 4 rings (SSSR count). The number of piperidine rings is 1. The lowest BCUT2D eigenvalue weighted by molar-refractivity contribution is 0.0106. The monoisotopic (exact) mass is 439 g/mol. The summed E-state index contributed by atoms with van der Waals surface area (Å²) in [6.45, 7) is 2.83. The third-order valence-corrected chi connectivity index (χ3v) is 5.37. The third kappa shape index (κ3) is 6.95. The van der Waals surface area contributed by atoms with Crippen LogP contribution in [0, 0.1) is 0 Å². The number of hydrogen-bond donors (Lipinski definition) is 4. The van der Waals surface area contributed by atoms with Gasteiger partial charge in [-0.15, -0.1) is 0 Å². The van der Waals surface area contributed by atoms with Gasteiger partial charge in [0.25, 0.3) is 0 Å². The highest BCUT2D eigenvalue weighted by Crippen LogP contribution is 2.30. The summed E-state index contributed by atoms with van der Waals surface area (Å²) in [7, 11) is 0. The molecule has 0 bridgehead atoms. The molecule has 4 N–H and O–H groups in total. The van der Waals surface area contributed by atoms with Crippen molar-refractivity contribution >= 4 is 16.9 Å². The van der Waals surface area contributed by atoms with Crippen LogP contribution in [0.1, 0.15) is 23.5 Å². The number of carboxylic acid groups (broad SMARTS) is 2. The number of benzene rings is 3. The van der Waals surface area contributed by atoms with Gasteiger partial charge in [0.2, 0.25) is 0 Å². The van der Waals surface area contributed by atoms with Crippen LogP contribution in [0.15, 0.2) is 66.7 Å². The molecule has 0 amide bonds. The Hall–Kier alpha value is -3.13. The maximum atomic E-state index is 8.88. The van der Waals surface area contributed by atoms with Crippen molar-refractivity contribution in [1.82, 2.24) is 5.32 Å². The Morgan fingerprint density at radius 1 is 1.00 bits per heavy atom. The van der Waals surface area contributed by atoms with Gasteiger partial charge in [-0.2, -0.15) is 0 Å². The average molecular weight is 440 g/mol. The second-order valence-electron chi connectivity index (χ2n) is 7.55. The van der Waals surface area contributed by atoms with Gasteiger partial charge in [-0.05, 0) is 53.1 Å². The van der Waals surface area contributed by atoms with Gasteiger partial charge in [-0.1, -0.05) is 48.5 Å². The van der Waals surface area contributed by atoms with Crippen LogP contribution in [-0.2, 0) is 11.3 Å². The van der Waals surface area contributed by atoms with E-state index in [1.165, 1.54) is 21.9 Å². The quantitative estimate of drug-likeness (QED) is 0.439. The summed E-state index contributed by atoms with van der Waals surface area (Å²) in [5, 5.41) is 28.8. The molecule has 32 heavy (non-hydrogen) atoms. The molecule has 0 aromatic heterocycles. The first-order valence-corrected chi connectivity index (χ1v) is 10.6. The number of fused-ring (bicyclic) bond motifs is 1. The molecule has 0 spiro atoms. The Kier molecular flexibility index (Phi) is 8.86. The lowest BCUT2D eigenvalue weighted by Gasteiger charge is -2.32. The number of hydrogen-bond acceptors (Lipinski definition) is 5. The van der Waals surface area contributed by atoms with E-state index in [1.807, 2.05) is 12.1 Å². The predicted octanol–water partition coefficient (Wildman–Crippen LogP) is 4.10. The minimum Gasteiger partial charge on any atom is -0.491 e. The largest absolute Gasteiger partial charge is 0.503 e. The molecule has 0 aliphatic carbocycles. The van der Waals surface area contributed by atoms with E-state index in [4.69, 9.17) is 29.6 Å². The Morgan fingerprint density at radius 2 is 1.72 bits per heavy atom. The van der Waals surface area contributed by atoms with Crippen molar-refractivity contribution in [2.75, 3.05) is 26.3 Å². The number of rotatable bonds is 7. The summed E-state index contributed by atoms with van der Waals surface area (Å²) >= 11 is 0. The first kappa shape index (κ1) is 23.5. The van der Waals surface area contributed by atoms with Crippen LogP contribution >= 0.6 is 0 Å². The fraction of sp³-hybridized carbons (Fsp3) is 0.320. The summed E-state index contributed by atoms with van der Waals surface area (Å²) in [6, 6.07) is 23.1. The molecule has 0 radical (unpaired) electrons. The zero-order valence-electron chi connectivity index (χ0n) is 17.8. The van der Waals surface area contributed by atoms with Crippen LogP contribution in [0.2, 0.25) is 0 Å². The highest BCUT2D eigenvalue weighted by Gasteiger charge is 2.27. The van der Waals surface area contributed by atoms with Crippen LogP contribution in [0.3, 0.4) is 0 Å². The van der Waals surface area contributed by atoms with Crippen molar-refractivity contribution in [2.24, 2.45) is 0 Å². The number of carbonyl (C=O) groups is 1. The van der Waals surface area contributed by atoms with Crippen LogP contribution in [0.25, 0.3) is 10.8 Å². The van der Waals surface area contributed by atoms with E-state index in [-0.39, 0.29) is 12.7 Å². The summed E-state index contributed by atoms with van der Waals surface area (Å²) in [6.07, 6.45) is -0.636. The fourth-order valence-corrected chi connectivity index (χ4v) is 3.89. The summed E-state index contributed by atoms with van der Waals surface area (Å²) in [4.78, 5) is 8.56. The van der Waals surface area contributed by atoms with E-state index >= 15 is 0 Å². The van der Waals surface area contributed by atoms with Gasteiger partial charge in [0, 0.05) is 12.5 Å². The lowest BCUT2D eigenvalue weighted by atomic mass is 9.87. The van der Waals surface area contributed by atoms with Crippen molar-refractivity contribution in [3.8, 4) is 5.75 Å². The molecule has 1 heterocycles. The highest BCUT2D eigenvalue weighted by atomic mass is 16.6. The SMILES string of the molecule is O=C(O)O.OCCOc1ccc(C2CCNCC2OCc2ccc3ccccc3c2)cc1. The number of aliphatic hydroxyl groups excluding tert-OH is 1. The van der Waals surface area contributed by atoms with Gasteiger partial charge in [-0.25, -0.2) is 4.79 Å². The Morgan fingerprint density at radius 3 is 2.44 bits per heavy atom. The standard InChI is InChI=1S/C24H27NO3.CH2O3/c26-13-14-27-22-9-7-20(8-10-22)23-11-12-25-16-24(23)28-17-18-5-6-19-3-1-2-4-21(19)15-18;2-1(3)4/h1-10,15,23-26H,11-14,16-17H2;(H2,2,3,4). The van der Waals surface area contributed by atoms with E-state index in [2.05, 4.69) is 59.9 Å². The average Bonchev–Trinajstić information content (AvgIpc) is 2.81. The normalized spacial score (nSPS) is 17.9. The lowest BCUT2D eigenvalue weighted by Crippen LogP contribution is -2.40. The van der Waals surface area contributed by atoms with Crippen molar-refractivity contribution in [2.45, 2.75) is 25.0 Å².